The Kier molecular flexibility index (Phi) is 10.2. The Balaban J connectivity index is 1.49. The summed E-state index contributed by atoms with van der Waals surface area (Å²) in [6.07, 6.45) is 2.08. The van der Waals surface area contributed by atoms with E-state index in [4.69, 9.17) is 4.74 Å². The number of aromatic amines is 1. The third kappa shape index (κ3) is 7.22. The molecule has 236 valence electrons. The van der Waals surface area contributed by atoms with Crippen LogP contribution in [0.25, 0.3) is 11.1 Å². The highest BCUT2D eigenvalue weighted by molar-refractivity contribution is 5.99. The number of piperidine rings is 1. The van der Waals surface area contributed by atoms with Crippen molar-refractivity contribution in [3.8, 4) is 11.1 Å². The van der Waals surface area contributed by atoms with E-state index >= 15 is 4.39 Å². The molecule has 1 aromatic heterocycles. The van der Waals surface area contributed by atoms with E-state index in [1.807, 2.05) is 45.0 Å². The van der Waals surface area contributed by atoms with Crippen molar-refractivity contribution >= 4 is 11.6 Å². The number of carbonyl (C=O) groups is 1. The zero-order valence-electron chi connectivity index (χ0n) is 26.8. The van der Waals surface area contributed by atoms with E-state index in [1.165, 1.54) is 0 Å². The van der Waals surface area contributed by atoms with Crippen LogP contribution in [0.2, 0.25) is 0 Å². The van der Waals surface area contributed by atoms with Gasteiger partial charge in [0, 0.05) is 66.8 Å². The molecule has 2 aromatic carbocycles. The van der Waals surface area contributed by atoms with Gasteiger partial charge in [0.15, 0.2) is 0 Å². The Hall–Kier alpha value is -3.53. The molecule has 0 bridgehead atoms. The van der Waals surface area contributed by atoms with Crippen LogP contribution in [0.5, 0.6) is 0 Å². The molecule has 3 heterocycles. The van der Waals surface area contributed by atoms with Gasteiger partial charge in [0.05, 0.1) is 13.2 Å². The first-order chi connectivity index (χ1) is 21.1. The molecule has 2 aliphatic heterocycles. The van der Waals surface area contributed by atoms with Crippen molar-refractivity contribution in [3.63, 3.8) is 0 Å². The number of hydrogen-bond acceptors (Lipinski definition) is 6. The van der Waals surface area contributed by atoms with Crippen LogP contribution in [0.1, 0.15) is 58.1 Å². The predicted octanol–water partition coefficient (Wildman–Crippen LogP) is 4.79. The highest BCUT2D eigenvalue weighted by Crippen LogP contribution is 2.34. The molecule has 0 radical (unpaired) electrons. The van der Waals surface area contributed by atoms with Gasteiger partial charge in [-0.3, -0.25) is 14.5 Å². The molecule has 5 rings (SSSR count). The maximum absolute atomic E-state index is 15.5. The van der Waals surface area contributed by atoms with E-state index in [0.29, 0.717) is 42.5 Å². The molecule has 2 N–H and O–H groups in total. The Labute approximate surface area is 260 Å². The van der Waals surface area contributed by atoms with E-state index in [1.54, 1.807) is 6.07 Å². The third-order valence-electron chi connectivity index (χ3n) is 9.21. The fraction of sp³-hybridized carbons (Fsp3) is 0.486. The van der Waals surface area contributed by atoms with Crippen molar-refractivity contribution in [1.82, 2.24) is 20.1 Å². The number of nitrogens with one attached hydrogen (secondary N) is 2. The first kappa shape index (κ1) is 31.9. The van der Waals surface area contributed by atoms with E-state index in [2.05, 4.69) is 45.0 Å². The predicted molar refractivity (Wildman–Crippen MR) is 174 cm³/mol. The molecule has 0 unspecified atom stereocenters. The maximum Gasteiger partial charge on any atom is 0.253 e. The lowest BCUT2D eigenvalue weighted by molar-refractivity contribution is 0.0337. The maximum atomic E-state index is 15.5. The number of pyridine rings is 1. The van der Waals surface area contributed by atoms with Gasteiger partial charge < -0.3 is 24.8 Å². The second-order valence-corrected chi connectivity index (χ2v) is 12.3. The van der Waals surface area contributed by atoms with Crippen LogP contribution >= 0.6 is 0 Å². The molecule has 0 spiro atoms. The number of H-pyrrole nitrogens is 1. The van der Waals surface area contributed by atoms with Gasteiger partial charge in [0.1, 0.15) is 5.82 Å². The molecule has 9 heteroatoms. The number of aromatic nitrogens is 1. The van der Waals surface area contributed by atoms with E-state index < -0.39 is 0 Å². The van der Waals surface area contributed by atoms with Crippen molar-refractivity contribution in [2.24, 2.45) is 0 Å². The summed E-state index contributed by atoms with van der Waals surface area (Å²) in [5.74, 6) is -0.507. The van der Waals surface area contributed by atoms with Crippen molar-refractivity contribution < 1.29 is 13.9 Å². The number of anilines is 1. The highest BCUT2D eigenvalue weighted by Gasteiger charge is 2.26. The lowest BCUT2D eigenvalue weighted by Crippen LogP contribution is -2.44. The summed E-state index contributed by atoms with van der Waals surface area (Å²) in [6, 6.07) is 11.6. The lowest BCUT2D eigenvalue weighted by Gasteiger charge is -2.39. The third-order valence-corrected chi connectivity index (χ3v) is 9.21. The molecule has 2 fully saturated rings. The van der Waals surface area contributed by atoms with Crippen molar-refractivity contribution in [1.29, 1.82) is 0 Å². The van der Waals surface area contributed by atoms with E-state index in [9.17, 15) is 9.59 Å². The van der Waals surface area contributed by atoms with Gasteiger partial charge in [0.25, 0.3) is 11.5 Å². The van der Waals surface area contributed by atoms with Crippen LogP contribution in [-0.2, 0) is 17.8 Å². The molecular weight excluding hydrogens is 557 g/mol. The van der Waals surface area contributed by atoms with Gasteiger partial charge in [0.2, 0.25) is 0 Å². The number of hydrogen-bond donors (Lipinski definition) is 2. The molecule has 44 heavy (non-hydrogen) atoms. The number of rotatable bonds is 9. The number of morpholine rings is 1. The summed E-state index contributed by atoms with van der Waals surface area (Å²) in [6.45, 7) is 14.3. The average molecular weight is 604 g/mol. The SMILES string of the molecule is CCN(c1cc(-c2ccc(CN3CCOCC3)c(F)c2)cc(C(=O)NCc2c(C)cc(C)[nH]c2=O)c1C)C1CCN(C)CC1. The second kappa shape index (κ2) is 14.1. The van der Waals surface area contributed by atoms with Gasteiger partial charge in [-0.1, -0.05) is 12.1 Å². The first-order valence-electron chi connectivity index (χ1n) is 15.8. The largest absolute Gasteiger partial charge is 0.379 e. The Morgan fingerprint density at radius 3 is 2.43 bits per heavy atom. The fourth-order valence-electron chi connectivity index (χ4n) is 6.55. The first-order valence-corrected chi connectivity index (χ1v) is 15.8. The standard InChI is InChI=1S/C35H46FN5O3/c1-6-41(29-9-11-39(5)12-10-29)33-20-28(26-7-8-27(32(36)19-26)22-40-13-15-44-16-14-40)18-30(25(33)4)34(42)37-21-31-23(2)17-24(3)38-35(31)43/h7-8,17-20,29H,6,9-16,21-22H2,1-5H3,(H,37,42)(H,38,43). The number of nitrogens with zero attached hydrogens (tertiary/aromatic N) is 3. The summed E-state index contributed by atoms with van der Waals surface area (Å²) >= 11 is 0. The Morgan fingerprint density at radius 2 is 1.77 bits per heavy atom. The summed E-state index contributed by atoms with van der Waals surface area (Å²) in [5.41, 5.74) is 6.55. The number of carbonyl (C=O) groups excluding carboxylic acids is 1. The molecule has 0 saturated carbocycles. The van der Waals surface area contributed by atoms with Crippen LogP contribution in [0.15, 0.2) is 41.2 Å². The number of ether oxygens (including phenoxy) is 1. The molecule has 2 saturated heterocycles. The molecule has 3 aromatic rings. The average Bonchev–Trinajstić information content (AvgIpc) is 3.00. The van der Waals surface area contributed by atoms with Crippen molar-refractivity contribution in [2.45, 2.75) is 59.7 Å². The van der Waals surface area contributed by atoms with Crippen LogP contribution in [0.4, 0.5) is 10.1 Å². The van der Waals surface area contributed by atoms with Gasteiger partial charge in [-0.15, -0.1) is 0 Å². The van der Waals surface area contributed by atoms with E-state index in [0.717, 1.165) is 79.2 Å². The lowest BCUT2D eigenvalue weighted by atomic mass is 9.94. The topological polar surface area (TPSA) is 80.9 Å². The highest BCUT2D eigenvalue weighted by atomic mass is 19.1. The zero-order valence-corrected chi connectivity index (χ0v) is 26.8. The Morgan fingerprint density at radius 1 is 1.05 bits per heavy atom. The summed E-state index contributed by atoms with van der Waals surface area (Å²) in [7, 11) is 2.15. The van der Waals surface area contributed by atoms with Crippen LogP contribution in [0.3, 0.4) is 0 Å². The number of amides is 1. The smallest absolute Gasteiger partial charge is 0.253 e. The van der Waals surface area contributed by atoms with Gasteiger partial charge in [-0.25, -0.2) is 4.39 Å². The van der Waals surface area contributed by atoms with Crippen LogP contribution in [-0.4, -0.2) is 79.7 Å². The van der Waals surface area contributed by atoms with E-state index in [-0.39, 0.29) is 23.8 Å². The minimum Gasteiger partial charge on any atom is -0.379 e. The second-order valence-electron chi connectivity index (χ2n) is 12.3. The van der Waals surface area contributed by atoms with Crippen molar-refractivity contribution in [2.75, 3.05) is 57.9 Å². The molecule has 1 amide bonds. The van der Waals surface area contributed by atoms with Gasteiger partial charge in [-0.2, -0.15) is 0 Å². The summed E-state index contributed by atoms with van der Waals surface area (Å²) in [5, 5.41) is 3.00. The Bertz CT molecular complexity index is 1540. The number of likely N-dealkylation sites (tertiary alicyclic amines) is 1. The zero-order chi connectivity index (χ0) is 31.4. The van der Waals surface area contributed by atoms with Crippen LogP contribution in [0, 0.1) is 26.6 Å². The molecular formula is C35H46FN5O3. The monoisotopic (exact) mass is 603 g/mol. The number of halogens is 1. The fourth-order valence-corrected chi connectivity index (χ4v) is 6.55. The minimum absolute atomic E-state index is 0.122. The van der Waals surface area contributed by atoms with Gasteiger partial charge in [-0.05, 0) is 107 Å². The number of aryl methyl sites for hydroxylation is 2. The summed E-state index contributed by atoms with van der Waals surface area (Å²) < 4.78 is 21.0. The quantitative estimate of drug-likeness (QED) is 0.366. The molecule has 0 aliphatic carbocycles. The van der Waals surface area contributed by atoms with Crippen LogP contribution < -0.4 is 15.8 Å². The van der Waals surface area contributed by atoms with Crippen molar-refractivity contribution in [3.05, 3.63) is 86.1 Å². The minimum atomic E-state index is -0.256. The summed E-state index contributed by atoms with van der Waals surface area (Å²) in [4.78, 5) is 36.2. The number of benzene rings is 2. The normalized spacial score (nSPS) is 16.7. The molecule has 2 aliphatic rings. The molecule has 8 nitrogen and oxygen atoms in total. The molecule has 0 atom stereocenters. The van der Waals surface area contributed by atoms with Gasteiger partial charge >= 0.3 is 0 Å².